The molecule has 0 aliphatic carbocycles. The van der Waals surface area contributed by atoms with Gasteiger partial charge >= 0.3 is 0 Å². The van der Waals surface area contributed by atoms with Crippen LogP contribution in [0.2, 0.25) is 0 Å². The smallest absolute Gasteiger partial charge is 0.265 e. The topological polar surface area (TPSA) is 49.4 Å². The van der Waals surface area contributed by atoms with Crippen LogP contribution in [0.25, 0.3) is 0 Å². The van der Waals surface area contributed by atoms with Crippen molar-refractivity contribution in [1.82, 2.24) is 5.32 Å². The molecule has 114 valence electrons. The maximum atomic E-state index is 13.0. The van der Waals surface area contributed by atoms with Gasteiger partial charge in [-0.1, -0.05) is 0 Å². The highest BCUT2D eigenvalue weighted by molar-refractivity contribution is 7.93. The van der Waals surface area contributed by atoms with Crippen molar-refractivity contribution < 1.29 is 12.8 Å². The second-order valence-corrected chi connectivity index (χ2v) is 7.52. The lowest BCUT2D eigenvalue weighted by atomic mass is 10.3. The first kappa shape index (κ1) is 15.9. The van der Waals surface area contributed by atoms with Crippen LogP contribution in [0.3, 0.4) is 0 Å². The number of hydrogen-bond donors (Lipinski definition) is 1. The summed E-state index contributed by atoms with van der Waals surface area (Å²) in [6, 6.07) is 5.39. The molecule has 4 nitrogen and oxygen atoms in total. The first-order valence-corrected chi connectivity index (χ1v) is 8.66. The number of thiophene rings is 1. The summed E-state index contributed by atoms with van der Waals surface area (Å²) in [4.78, 5) is 1.10. The van der Waals surface area contributed by atoms with Crippen LogP contribution in [0.15, 0.2) is 34.5 Å². The summed E-state index contributed by atoms with van der Waals surface area (Å²) in [5.74, 6) is -0.396. The van der Waals surface area contributed by atoms with E-state index in [-0.39, 0.29) is 0 Å². The van der Waals surface area contributed by atoms with E-state index < -0.39 is 15.8 Å². The van der Waals surface area contributed by atoms with E-state index in [9.17, 15) is 12.8 Å². The molecule has 21 heavy (non-hydrogen) atoms. The van der Waals surface area contributed by atoms with Gasteiger partial charge in [0.2, 0.25) is 0 Å². The SMILES string of the molecule is CNCc1scc(C)c1S(=O)(=O)N(C)c1ccc(F)cc1. The normalized spacial score (nSPS) is 11.6. The number of aryl methyl sites for hydroxylation is 1. The Kier molecular flexibility index (Phi) is 4.65. The average molecular weight is 328 g/mol. The zero-order valence-corrected chi connectivity index (χ0v) is 13.7. The van der Waals surface area contributed by atoms with Gasteiger partial charge in [0.05, 0.1) is 5.69 Å². The molecule has 0 aliphatic rings. The van der Waals surface area contributed by atoms with Gasteiger partial charge < -0.3 is 5.32 Å². The molecule has 0 aliphatic heterocycles. The fraction of sp³-hybridized carbons (Fsp3) is 0.286. The molecule has 0 bridgehead atoms. The van der Waals surface area contributed by atoms with Crippen molar-refractivity contribution >= 4 is 27.0 Å². The van der Waals surface area contributed by atoms with Crippen LogP contribution in [0, 0.1) is 12.7 Å². The van der Waals surface area contributed by atoms with E-state index >= 15 is 0 Å². The molecule has 2 rings (SSSR count). The first-order chi connectivity index (χ1) is 9.87. The molecule has 0 atom stereocenters. The Hall–Kier alpha value is -1.44. The Morgan fingerprint density at radius 2 is 1.90 bits per heavy atom. The number of nitrogens with one attached hydrogen (secondary N) is 1. The van der Waals surface area contributed by atoms with Crippen molar-refractivity contribution in [2.24, 2.45) is 0 Å². The summed E-state index contributed by atoms with van der Waals surface area (Å²) in [7, 11) is -0.416. The van der Waals surface area contributed by atoms with Gasteiger partial charge in [-0.25, -0.2) is 12.8 Å². The van der Waals surface area contributed by atoms with Crippen LogP contribution >= 0.6 is 11.3 Å². The molecule has 0 saturated heterocycles. The molecule has 1 heterocycles. The van der Waals surface area contributed by atoms with E-state index in [1.165, 1.54) is 47.0 Å². The molecular weight excluding hydrogens is 311 g/mol. The van der Waals surface area contributed by atoms with E-state index in [0.717, 1.165) is 10.4 Å². The van der Waals surface area contributed by atoms with Crippen molar-refractivity contribution in [1.29, 1.82) is 0 Å². The minimum absolute atomic E-state index is 0.327. The predicted octanol–water partition coefficient (Wildman–Crippen LogP) is 2.74. The highest BCUT2D eigenvalue weighted by atomic mass is 32.2. The first-order valence-electron chi connectivity index (χ1n) is 6.34. The summed E-state index contributed by atoms with van der Waals surface area (Å²) in [5.41, 5.74) is 1.15. The fourth-order valence-corrected chi connectivity index (χ4v) is 5.01. The molecule has 0 saturated carbocycles. The van der Waals surface area contributed by atoms with E-state index in [0.29, 0.717) is 17.1 Å². The summed E-state index contributed by atoms with van der Waals surface area (Å²) in [5, 5.41) is 4.81. The Balaban J connectivity index is 2.46. The van der Waals surface area contributed by atoms with E-state index in [1.807, 2.05) is 5.38 Å². The van der Waals surface area contributed by atoms with Crippen LogP contribution in [0.1, 0.15) is 10.4 Å². The standard InChI is InChI=1S/C14H17FN2O2S2/c1-10-9-20-13(8-16-2)14(10)21(18,19)17(3)12-6-4-11(15)5-7-12/h4-7,9,16H,8H2,1-3H3. The number of sulfonamides is 1. The zero-order chi connectivity index (χ0) is 15.6. The summed E-state index contributed by atoms with van der Waals surface area (Å²) in [6.07, 6.45) is 0. The largest absolute Gasteiger partial charge is 0.315 e. The van der Waals surface area contributed by atoms with Crippen molar-refractivity contribution in [3.8, 4) is 0 Å². The maximum absolute atomic E-state index is 13.0. The van der Waals surface area contributed by atoms with Gasteiger partial charge in [0.15, 0.2) is 0 Å². The van der Waals surface area contributed by atoms with Crippen molar-refractivity contribution in [2.45, 2.75) is 18.4 Å². The van der Waals surface area contributed by atoms with Gasteiger partial charge in [-0.05, 0) is 49.2 Å². The maximum Gasteiger partial charge on any atom is 0.265 e. The van der Waals surface area contributed by atoms with Crippen LogP contribution in [-0.2, 0) is 16.6 Å². The number of rotatable bonds is 5. The molecule has 0 unspecified atom stereocenters. The number of benzene rings is 1. The van der Waals surface area contributed by atoms with Crippen molar-refractivity contribution in [3.05, 3.63) is 45.9 Å². The van der Waals surface area contributed by atoms with Gasteiger partial charge in [-0.3, -0.25) is 4.31 Å². The summed E-state index contributed by atoms with van der Waals surface area (Å²) >= 11 is 1.41. The minimum atomic E-state index is -3.66. The second-order valence-electron chi connectivity index (χ2n) is 4.65. The highest BCUT2D eigenvalue weighted by Crippen LogP contribution is 2.31. The van der Waals surface area contributed by atoms with Crippen LogP contribution < -0.4 is 9.62 Å². The molecular formula is C14H17FN2O2S2. The molecule has 0 fully saturated rings. The third kappa shape index (κ3) is 3.09. The third-order valence-corrected chi connectivity index (χ3v) is 6.39. The second kappa shape index (κ2) is 6.13. The average Bonchev–Trinajstić information content (AvgIpc) is 2.81. The Bertz CT molecular complexity index is 724. The molecule has 7 heteroatoms. The fourth-order valence-electron chi connectivity index (χ4n) is 2.04. The van der Waals surface area contributed by atoms with E-state index in [4.69, 9.17) is 0 Å². The van der Waals surface area contributed by atoms with Gasteiger partial charge in [0.25, 0.3) is 10.0 Å². The molecule has 2 aromatic rings. The highest BCUT2D eigenvalue weighted by Gasteiger charge is 2.27. The van der Waals surface area contributed by atoms with Gasteiger partial charge in [0, 0.05) is 18.5 Å². The summed E-state index contributed by atoms with van der Waals surface area (Å²) < 4.78 is 39.8. The number of halogens is 1. The van der Waals surface area contributed by atoms with E-state index in [1.54, 1.807) is 14.0 Å². The third-order valence-electron chi connectivity index (χ3n) is 3.14. The van der Waals surface area contributed by atoms with Crippen molar-refractivity contribution in [2.75, 3.05) is 18.4 Å². The monoisotopic (exact) mass is 328 g/mol. The molecule has 0 amide bonds. The van der Waals surface area contributed by atoms with Gasteiger partial charge in [-0.15, -0.1) is 11.3 Å². The number of hydrogen-bond acceptors (Lipinski definition) is 4. The lowest BCUT2D eigenvalue weighted by Crippen LogP contribution is -2.28. The van der Waals surface area contributed by atoms with Crippen LogP contribution in [0.4, 0.5) is 10.1 Å². The lowest BCUT2D eigenvalue weighted by Gasteiger charge is -2.20. The van der Waals surface area contributed by atoms with Gasteiger partial charge in [-0.2, -0.15) is 0 Å². The Morgan fingerprint density at radius 1 is 1.29 bits per heavy atom. The number of nitrogens with zero attached hydrogens (tertiary/aromatic N) is 1. The predicted molar refractivity (Wildman–Crippen MR) is 83.8 cm³/mol. The number of anilines is 1. The molecule has 1 aromatic heterocycles. The zero-order valence-electron chi connectivity index (χ0n) is 12.1. The van der Waals surface area contributed by atoms with Gasteiger partial charge in [0.1, 0.15) is 10.7 Å². The Labute approximate surface area is 128 Å². The lowest BCUT2D eigenvalue weighted by molar-refractivity contribution is 0.592. The molecule has 1 N–H and O–H groups in total. The molecule has 0 radical (unpaired) electrons. The minimum Gasteiger partial charge on any atom is -0.315 e. The Morgan fingerprint density at radius 3 is 2.48 bits per heavy atom. The molecule has 0 spiro atoms. The quantitative estimate of drug-likeness (QED) is 0.918. The molecule has 1 aromatic carbocycles. The van der Waals surface area contributed by atoms with Crippen molar-refractivity contribution in [3.63, 3.8) is 0 Å². The van der Waals surface area contributed by atoms with Crippen LogP contribution in [0.5, 0.6) is 0 Å². The summed E-state index contributed by atoms with van der Waals surface area (Å²) in [6.45, 7) is 2.27. The van der Waals surface area contributed by atoms with Crippen LogP contribution in [-0.4, -0.2) is 22.5 Å². The van der Waals surface area contributed by atoms with E-state index in [2.05, 4.69) is 5.32 Å².